The minimum atomic E-state index is -1.43. The second-order valence-electron chi connectivity index (χ2n) is 16.9. The zero-order valence-corrected chi connectivity index (χ0v) is 60.8. The Kier molecular flexibility index (Phi) is 37.0. The third-order valence-electron chi connectivity index (χ3n) is 11.8. The molecular formula is C45H62K3N5O18S8. The van der Waals surface area contributed by atoms with Gasteiger partial charge in [-0.2, -0.15) is 0 Å². The number of methoxy groups -OCH3 is 1. The molecular weight excluding hydrogens is 1270 g/mol. The molecule has 8 aliphatic heterocycles. The summed E-state index contributed by atoms with van der Waals surface area (Å²) in [6.45, 7) is 12.1. The molecule has 0 aromatic heterocycles. The molecule has 4 fully saturated rings. The number of rotatable bonds is 20. The summed E-state index contributed by atoms with van der Waals surface area (Å²) >= 11 is 10.6. The van der Waals surface area contributed by atoms with Crippen LogP contribution < -0.4 is 181 Å². The van der Waals surface area contributed by atoms with Crippen molar-refractivity contribution in [2.45, 2.75) is 121 Å². The van der Waals surface area contributed by atoms with Crippen LogP contribution >= 0.6 is 94.1 Å². The zero-order valence-electron chi connectivity index (χ0n) is 44.9. The summed E-state index contributed by atoms with van der Waals surface area (Å²) in [5, 5.41) is 81.4. The Morgan fingerprint density at radius 1 is 0.494 bits per heavy atom. The number of nitrogens with zero attached hydrogens (tertiary/aromatic N) is 4. The number of carbonyl (C=O) groups is 9. The van der Waals surface area contributed by atoms with Gasteiger partial charge in [0, 0.05) is 5.75 Å². The number of hydrogen-bond acceptors (Lipinski definition) is 26. The smallest absolute Gasteiger partial charge is 0.543 e. The Bertz CT molecular complexity index is 2360. The van der Waals surface area contributed by atoms with Gasteiger partial charge in [-0.3, -0.25) is 43.6 Å². The van der Waals surface area contributed by atoms with Gasteiger partial charge in [-0.1, -0.05) is 75.2 Å². The van der Waals surface area contributed by atoms with Crippen LogP contribution in [0.3, 0.4) is 0 Å². The van der Waals surface area contributed by atoms with Gasteiger partial charge in [0.1, 0.15) is 21.5 Å². The Labute approximate surface area is 620 Å². The largest absolute Gasteiger partial charge is 1.00 e. The number of aliphatic carboxylic acids is 4. The predicted octanol–water partition coefficient (Wildman–Crippen LogP) is -9.37. The second kappa shape index (κ2) is 36.2. The standard InChI is InChI=1S/C12H15NO6S2.2C11H15NO4S2.C10H13NO4S2.CH4.3K.H3N/c1-5(14)7-9(16)13-8(11(17)18)12(21-10(7)13)20-4-3-6(15)19-2;2*1-3-4-17-11-7(10(15)16)12-8(14)6(5(2)13)9(12)18-11;1-3-16-10-6(9(14)15)11-7(13)5(4(2)12)8(11)17-10;;;;;/h5,7,10,14H,3-4H2,1-2H3,(H,17,18);2*5-6,9,13H,3-4H2,1-2H3,(H,15,16);4-5,8,12H,3H2,1-2H3,(H,14,15);1H4;;;;1H3/q;;;;;3*+1;/p-3/t5-,7+,10-;2*5-,6+,9-;4-,5+,8-;;;;;/m1111...../s1. The van der Waals surface area contributed by atoms with E-state index in [0.717, 1.165) is 35.0 Å². The van der Waals surface area contributed by atoms with Crippen molar-refractivity contribution in [3.63, 3.8) is 0 Å². The molecule has 8 N–H and O–H groups in total. The van der Waals surface area contributed by atoms with Crippen LogP contribution in [-0.4, -0.2) is 170 Å². The number of hydrogen-bond donors (Lipinski definition) is 5. The van der Waals surface area contributed by atoms with Crippen molar-refractivity contribution >= 4 is 148 Å². The van der Waals surface area contributed by atoms with E-state index in [1.807, 2.05) is 20.8 Å². The first-order valence-corrected chi connectivity index (χ1v) is 30.4. The van der Waals surface area contributed by atoms with E-state index in [1.165, 1.54) is 123 Å². The van der Waals surface area contributed by atoms with Gasteiger partial charge in [-0.15, -0.1) is 47.0 Å². The normalized spacial score (nSPS) is 25.9. The summed E-state index contributed by atoms with van der Waals surface area (Å²) in [4.78, 5) is 108. The van der Waals surface area contributed by atoms with E-state index < -0.39 is 83.2 Å². The fourth-order valence-corrected chi connectivity index (χ4v) is 19.6. The van der Waals surface area contributed by atoms with Gasteiger partial charge < -0.3 is 70.9 Å². The maximum absolute atomic E-state index is 11.9. The molecule has 4 saturated heterocycles. The molecule has 0 unspecified atom stereocenters. The number of β-lactam (4-membered cyclic amide) rings is 4. The number of carbonyl (C=O) groups excluding carboxylic acids is 9. The molecule has 23 nitrogen and oxygen atoms in total. The van der Waals surface area contributed by atoms with Crippen LogP contribution in [0.5, 0.6) is 0 Å². The van der Waals surface area contributed by atoms with Gasteiger partial charge in [-0.25, -0.2) is 0 Å². The fraction of sp³-hybridized carbons (Fsp3) is 0.622. The van der Waals surface area contributed by atoms with Crippen LogP contribution in [0.4, 0.5) is 0 Å². The van der Waals surface area contributed by atoms with Crippen molar-refractivity contribution in [1.29, 1.82) is 0 Å². The number of carboxylic acid groups (broad SMARTS) is 4. The number of thioether (sulfide) groups is 8. The molecule has 0 radical (unpaired) electrons. The van der Waals surface area contributed by atoms with E-state index in [1.54, 1.807) is 20.8 Å². The average molecular weight is 1330 g/mol. The molecule has 0 saturated carbocycles. The number of ether oxygens (including phenoxy) is 1. The minimum absolute atomic E-state index is 0. The van der Waals surface area contributed by atoms with Crippen molar-refractivity contribution in [3.05, 3.63) is 39.7 Å². The second-order valence-corrected chi connectivity index (χ2v) is 27.1. The van der Waals surface area contributed by atoms with Crippen LogP contribution in [0.2, 0.25) is 0 Å². The molecule has 0 aromatic rings. The first kappa shape index (κ1) is 80.7. The molecule has 8 heterocycles. The molecule has 0 aliphatic carbocycles. The fourth-order valence-electron chi connectivity index (χ4n) is 8.22. The third-order valence-corrected chi connectivity index (χ3v) is 22.7. The van der Waals surface area contributed by atoms with Crippen molar-refractivity contribution in [2.24, 2.45) is 23.7 Å². The summed E-state index contributed by atoms with van der Waals surface area (Å²) in [5.41, 5.74) is -0.244. The Morgan fingerprint density at radius 3 is 0.911 bits per heavy atom. The number of quaternary nitrogens is 1. The van der Waals surface area contributed by atoms with Gasteiger partial charge >= 0.3 is 160 Å². The number of esters is 1. The number of aliphatic hydroxyl groups is 4. The topological polar surface area (TPSA) is 385 Å². The SMILES string of the molecule is C.CCCSC1=C(C(=O)[O-])N2C(=O)[C@H]([C@@H](C)O)[C@H]2S1.CCCSC1=C(C(=O)[O-])N2C(=O)[C@H]([C@@H](C)O)[C@H]2S1.CCSC1=C(C(=O)[O-])N2C(=O)[C@H]([C@@H](C)O)[C@H]2S1.COC(=O)CCSC1=C(C(=O)[O-])N2C(=O)[C@H]([C@@H](C)O)[C@H]2S1.[K+].[K+].[K+].[NH4+]. The number of amides is 4. The first-order chi connectivity index (χ1) is 34.8. The third kappa shape index (κ3) is 17.7. The first-order valence-electron chi connectivity index (χ1n) is 23.0. The van der Waals surface area contributed by atoms with Crippen LogP contribution in [0, 0.1) is 23.7 Å². The van der Waals surface area contributed by atoms with Crippen molar-refractivity contribution in [3.8, 4) is 0 Å². The van der Waals surface area contributed by atoms with Gasteiger partial charge in [0.25, 0.3) is 0 Å². The van der Waals surface area contributed by atoms with Crippen molar-refractivity contribution in [1.82, 2.24) is 25.8 Å². The number of fused-ring (bicyclic) bond motifs is 4. The van der Waals surface area contributed by atoms with Crippen LogP contribution in [0.25, 0.3) is 0 Å². The van der Waals surface area contributed by atoms with E-state index in [2.05, 4.69) is 4.74 Å². The van der Waals surface area contributed by atoms with E-state index in [4.69, 9.17) is 0 Å². The van der Waals surface area contributed by atoms with Gasteiger partial charge in [-0.05, 0) is 57.8 Å². The summed E-state index contributed by atoms with van der Waals surface area (Å²) in [6, 6.07) is 0. The molecule has 0 aromatic carbocycles. The van der Waals surface area contributed by atoms with Gasteiger partial charge in [0.15, 0.2) is 0 Å². The zero-order chi connectivity index (χ0) is 55.4. The molecule has 79 heavy (non-hydrogen) atoms. The van der Waals surface area contributed by atoms with E-state index in [9.17, 15) is 84.0 Å². The minimum Gasteiger partial charge on any atom is -0.543 e. The molecule has 12 atom stereocenters. The predicted molar refractivity (Wildman–Crippen MR) is 287 cm³/mol. The molecule has 426 valence electrons. The van der Waals surface area contributed by atoms with Crippen molar-refractivity contribution in [2.75, 3.05) is 30.1 Å². The molecule has 0 bridgehead atoms. The maximum Gasteiger partial charge on any atom is 1.00 e. The summed E-state index contributed by atoms with van der Waals surface area (Å²) in [5.74, 6) is -6.63. The van der Waals surface area contributed by atoms with E-state index in [0.29, 0.717) is 22.7 Å². The molecule has 34 heteroatoms. The maximum atomic E-state index is 11.9. The summed E-state index contributed by atoms with van der Waals surface area (Å²) in [6.07, 6.45) is -1.13. The number of carboxylic acids is 4. The summed E-state index contributed by atoms with van der Waals surface area (Å²) in [7, 11) is 1.28. The van der Waals surface area contributed by atoms with Crippen LogP contribution in [-0.2, 0) is 47.9 Å². The number of aliphatic hydroxyl groups excluding tert-OH is 4. The van der Waals surface area contributed by atoms with Gasteiger partial charge in [0.05, 0.1) is 125 Å². The molecule has 0 spiro atoms. The molecule has 8 rings (SSSR count). The van der Waals surface area contributed by atoms with Crippen LogP contribution in [0.1, 0.15) is 75.2 Å². The van der Waals surface area contributed by atoms with Crippen LogP contribution in [0.15, 0.2) is 39.7 Å². The molecule has 4 amide bonds. The van der Waals surface area contributed by atoms with Gasteiger partial charge in [0.2, 0.25) is 23.6 Å². The quantitative estimate of drug-likeness (QED) is 0.0429. The molecule has 8 aliphatic rings. The Hall–Kier alpha value is 1.70. The summed E-state index contributed by atoms with van der Waals surface area (Å²) < 4.78 is 6.79. The Morgan fingerprint density at radius 2 is 0.722 bits per heavy atom. The van der Waals surface area contributed by atoms with Crippen molar-refractivity contribution < 1.29 is 243 Å². The van der Waals surface area contributed by atoms with E-state index in [-0.39, 0.29) is 237 Å². The van der Waals surface area contributed by atoms with E-state index >= 15 is 0 Å². The monoisotopic (exact) mass is 1330 g/mol. The Balaban J connectivity index is 0.00000101. The average Bonchev–Trinajstić information content (AvgIpc) is 4.03.